The highest BCUT2D eigenvalue weighted by atomic mass is 19.3. The number of rotatable bonds is 8. The van der Waals surface area contributed by atoms with Crippen LogP contribution in [0.15, 0.2) is 42.5 Å². The van der Waals surface area contributed by atoms with Crippen molar-refractivity contribution in [3.05, 3.63) is 53.6 Å². The standard InChI is InChI=1S/C19H22F2N2O3/c1-13-6-3-8-15(12-13)25-11-5-10-22-19(24)23-17-14(2)7-4-9-16(17)26-18(20)21/h3-4,6-9,12,18H,5,10-11H2,1-2H3,(H2,22,23,24). The topological polar surface area (TPSA) is 59.6 Å². The summed E-state index contributed by atoms with van der Waals surface area (Å²) in [5.41, 5.74) is 1.96. The van der Waals surface area contributed by atoms with Gasteiger partial charge in [0.05, 0.1) is 12.3 Å². The van der Waals surface area contributed by atoms with Crippen molar-refractivity contribution in [2.45, 2.75) is 26.9 Å². The number of hydrogen-bond acceptors (Lipinski definition) is 3. The Labute approximate surface area is 151 Å². The fourth-order valence-electron chi connectivity index (χ4n) is 2.32. The SMILES string of the molecule is Cc1cccc(OCCCNC(=O)Nc2c(C)cccc2OC(F)F)c1. The second-order valence-electron chi connectivity index (χ2n) is 5.73. The Morgan fingerprint density at radius 2 is 1.92 bits per heavy atom. The van der Waals surface area contributed by atoms with Crippen LogP contribution in [0.2, 0.25) is 0 Å². The molecule has 7 heteroatoms. The predicted molar refractivity (Wildman–Crippen MR) is 96.1 cm³/mol. The number of ether oxygens (including phenoxy) is 2. The van der Waals surface area contributed by atoms with Gasteiger partial charge in [0.1, 0.15) is 11.5 Å². The maximum Gasteiger partial charge on any atom is 0.387 e. The van der Waals surface area contributed by atoms with E-state index in [0.29, 0.717) is 25.1 Å². The Hall–Kier alpha value is -2.83. The van der Waals surface area contributed by atoms with Crippen LogP contribution in [0.3, 0.4) is 0 Å². The van der Waals surface area contributed by atoms with Crippen LogP contribution in [0.1, 0.15) is 17.5 Å². The molecule has 0 atom stereocenters. The first-order valence-electron chi connectivity index (χ1n) is 8.24. The van der Waals surface area contributed by atoms with Gasteiger partial charge in [0, 0.05) is 6.54 Å². The normalized spacial score (nSPS) is 10.5. The number of urea groups is 1. The van der Waals surface area contributed by atoms with Crippen LogP contribution in [0.25, 0.3) is 0 Å². The molecule has 2 rings (SSSR count). The van der Waals surface area contributed by atoms with Crippen LogP contribution in [0, 0.1) is 13.8 Å². The number of amides is 2. The number of hydrogen-bond donors (Lipinski definition) is 2. The first kappa shape index (κ1) is 19.5. The number of anilines is 1. The second-order valence-corrected chi connectivity index (χ2v) is 5.73. The third kappa shape index (κ3) is 6.23. The lowest BCUT2D eigenvalue weighted by Crippen LogP contribution is -2.30. The molecule has 0 unspecified atom stereocenters. The summed E-state index contributed by atoms with van der Waals surface area (Å²) in [5, 5.41) is 5.21. The van der Waals surface area contributed by atoms with E-state index in [1.54, 1.807) is 19.1 Å². The molecule has 0 aromatic heterocycles. The third-order valence-corrected chi connectivity index (χ3v) is 3.55. The molecule has 140 valence electrons. The summed E-state index contributed by atoms with van der Waals surface area (Å²) < 4.78 is 34.9. The van der Waals surface area contributed by atoms with E-state index in [1.165, 1.54) is 6.07 Å². The number of aryl methyl sites for hydroxylation is 2. The molecule has 2 aromatic carbocycles. The minimum Gasteiger partial charge on any atom is -0.494 e. The molecule has 0 spiro atoms. The zero-order chi connectivity index (χ0) is 18.9. The van der Waals surface area contributed by atoms with Crippen LogP contribution < -0.4 is 20.1 Å². The molecule has 0 radical (unpaired) electrons. The first-order chi connectivity index (χ1) is 12.5. The molecule has 26 heavy (non-hydrogen) atoms. The maximum atomic E-state index is 12.5. The third-order valence-electron chi connectivity index (χ3n) is 3.55. The summed E-state index contributed by atoms with van der Waals surface area (Å²) in [6, 6.07) is 11.9. The number of alkyl halides is 2. The summed E-state index contributed by atoms with van der Waals surface area (Å²) in [5.74, 6) is 0.709. The number of benzene rings is 2. The van der Waals surface area contributed by atoms with Gasteiger partial charge in [-0.15, -0.1) is 0 Å². The van der Waals surface area contributed by atoms with Crippen molar-refractivity contribution in [1.82, 2.24) is 5.32 Å². The molecule has 0 bridgehead atoms. The van der Waals surface area contributed by atoms with E-state index in [2.05, 4.69) is 15.4 Å². The number of carbonyl (C=O) groups excluding carboxylic acids is 1. The van der Waals surface area contributed by atoms with Crippen LogP contribution in [-0.4, -0.2) is 25.8 Å². The quantitative estimate of drug-likeness (QED) is 0.678. The monoisotopic (exact) mass is 364 g/mol. The van der Waals surface area contributed by atoms with Gasteiger partial charge in [0.2, 0.25) is 0 Å². The van der Waals surface area contributed by atoms with E-state index < -0.39 is 12.6 Å². The lowest BCUT2D eigenvalue weighted by molar-refractivity contribution is -0.0493. The Balaban J connectivity index is 1.77. The minimum atomic E-state index is -2.96. The van der Waals surface area contributed by atoms with Crippen molar-refractivity contribution in [1.29, 1.82) is 0 Å². The highest BCUT2D eigenvalue weighted by molar-refractivity contribution is 5.91. The molecule has 0 saturated carbocycles. The Kier molecular flexibility index (Phi) is 7.20. The summed E-state index contributed by atoms with van der Waals surface area (Å²) in [6.07, 6.45) is 0.607. The van der Waals surface area contributed by atoms with Crippen molar-refractivity contribution >= 4 is 11.7 Å². The van der Waals surface area contributed by atoms with E-state index in [-0.39, 0.29) is 11.4 Å². The van der Waals surface area contributed by atoms with Crippen LogP contribution in [-0.2, 0) is 0 Å². The number of nitrogens with one attached hydrogen (secondary N) is 2. The van der Waals surface area contributed by atoms with Crippen LogP contribution in [0.4, 0.5) is 19.3 Å². The average Bonchev–Trinajstić information content (AvgIpc) is 2.57. The zero-order valence-electron chi connectivity index (χ0n) is 14.7. The van der Waals surface area contributed by atoms with Gasteiger partial charge in [-0.25, -0.2) is 4.79 Å². The summed E-state index contributed by atoms with van der Waals surface area (Å²) >= 11 is 0. The predicted octanol–water partition coefficient (Wildman–Crippen LogP) is 4.50. The van der Waals surface area contributed by atoms with Gasteiger partial charge in [-0.1, -0.05) is 24.3 Å². The number of carbonyl (C=O) groups is 1. The Morgan fingerprint density at radius 3 is 2.65 bits per heavy atom. The summed E-state index contributed by atoms with van der Waals surface area (Å²) in [6.45, 7) is 1.56. The lowest BCUT2D eigenvalue weighted by Gasteiger charge is -2.15. The molecule has 5 nitrogen and oxygen atoms in total. The Morgan fingerprint density at radius 1 is 1.15 bits per heavy atom. The molecule has 0 aliphatic rings. The van der Waals surface area contributed by atoms with E-state index in [9.17, 15) is 13.6 Å². The van der Waals surface area contributed by atoms with Crippen molar-refractivity contribution in [3.8, 4) is 11.5 Å². The van der Waals surface area contributed by atoms with Gasteiger partial charge >= 0.3 is 12.6 Å². The number of halogens is 2. The van der Waals surface area contributed by atoms with Crippen molar-refractivity contribution in [2.24, 2.45) is 0 Å². The highest BCUT2D eigenvalue weighted by Gasteiger charge is 2.13. The van der Waals surface area contributed by atoms with Gasteiger partial charge in [-0.05, 0) is 49.6 Å². The van der Waals surface area contributed by atoms with Gasteiger partial charge < -0.3 is 20.1 Å². The van der Waals surface area contributed by atoms with E-state index in [0.717, 1.165) is 11.3 Å². The summed E-state index contributed by atoms with van der Waals surface area (Å²) in [4.78, 5) is 12.0. The van der Waals surface area contributed by atoms with E-state index >= 15 is 0 Å². The molecule has 0 aliphatic carbocycles. The molecule has 2 amide bonds. The molecule has 0 heterocycles. The largest absolute Gasteiger partial charge is 0.494 e. The van der Waals surface area contributed by atoms with E-state index in [4.69, 9.17) is 4.74 Å². The molecule has 2 aromatic rings. The second kappa shape index (κ2) is 9.60. The smallest absolute Gasteiger partial charge is 0.387 e. The van der Waals surface area contributed by atoms with Gasteiger partial charge in [-0.3, -0.25) is 0 Å². The van der Waals surface area contributed by atoms with Gasteiger partial charge in [0.25, 0.3) is 0 Å². The molecule has 0 fully saturated rings. The molecular weight excluding hydrogens is 342 g/mol. The Bertz CT molecular complexity index is 738. The molecule has 0 aliphatic heterocycles. The fraction of sp³-hybridized carbons (Fsp3) is 0.316. The fourth-order valence-corrected chi connectivity index (χ4v) is 2.32. The molecular formula is C19H22F2N2O3. The van der Waals surface area contributed by atoms with Crippen LogP contribution in [0.5, 0.6) is 11.5 Å². The lowest BCUT2D eigenvalue weighted by atomic mass is 10.2. The van der Waals surface area contributed by atoms with E-state index in [1.807, 2.05) is 31.2 Å². The van der Waals surface area contributed by atoms with Crippen molar-refractivity contribution in [3.63, 3.8) is 0 Å². The van der Waals surface area contributed by atoms with Gasteiger partial charge in [0.15, 0.2) is 0 Å². The van der Waals surface area contributed by atoms with Crippen molar-refractivity contribution < 1.29 is 23.0 Å². The zero-order valence-corrected chi connectivity index (χ0v) is 14.7. The maximum absolute atomic E-state index is 12.5. The van der Waals surface area contributed by atoms with Gasteiger partial charge in [-0.2, -0.15) is 8.78 Å². The highest BCUT2D eigenvalue weighted by Crippen LogP contribution is 2.29. The van der Waals surface area contributed by atoms with Crippen LogP contribution >= 0.6 is 0 Å². The van der Waals surface area contributed by atoms with Crippen molar-refractivity contribution in [2.75, 3.05) is 18.5 Å². The minimum absolute atomic E-state index is 0.0714. The molecule has 0 saturated heterocycles. The number of para-hydroxylation sites is 1. The summed E-state index contributed by atoms with van der Waals surface area (Å²) in [7, 11) is 0. The average molecular weight is 364 g/mol. The molecule has 2 N–H and O–H groups in total. The first-order valence-corrected chi connectivity index (χ1v) is 8.24.